The van der Waals surface area contributed by atoms with Crippen molar-refractivity contribution in [3.63, 3.8) is 0 Å². The summed E-state index contributed by atoms with van der Waals surface area (Å²) in [5.74, 6) is 0.830. The predicted octanol–water partition coefficient (Wildman–Crippen LogP) is 3.41. The Kier molecular flexibility index (Phi) is 9.09. The maximum absolute atomic E-state index is 13.3. The van der Waals surface area contributed by atoms with Gasteiger partial charge in [0.15, 0.2) is 0 Å². The summed E-state index contributed by atoms with van der Waals surface area (Å²) < 4.78 is 5.94. The van der Waals surface area contributed by atoms with E-state index in [1.807, 2.05) is 31.2 Å². The molecule has 8 heteroatoms. The number of nitrogens with one attached hydrogen (secondary N) is 3. The zero-order chi connectivity index (χ0) is 25.4. The second-order valence-electron chi connectivity index (χ2n) is 10.2. The molecule has 1 heterocycles. The second-order valence-corrected chi connectivity index (χ2v) is 10.2. The molecule has 2 aliphatic rings. The fourth-order valence-corrected chi connectivity index (χ4v) is 4.49. The molecule has 1 saturated carbocycles. The third-order valence-corrected chi connectivity index (χ3v) is 6.25. The van der Waals surface area contributed by atoms with E-state index in [0.29, 0.717) is 30.4 Å². The number of hydrogen-bond donors (Lipinski definition) is 4. The number of carbonyl (C=O) groups excluding carboxylic acids is 2. The highest BCUT2D eigenvalue weighted by atomic mass is 16.5. The van der Waals surface area contributed by atoms with Crippen LogP contribution in [0.15, 0.2) is 48.4 Å². The van der Waals surface area contributed by atoms with Crippen molar-refractivity contribution in [1.82, 2.24) is 15.5 Å². The van der Waals surface area contributed by atoms with E-state index in [9.17, 15) is 14.7 Å². The number of aryl methyl sites for hydroxylation is 1. The third kappa shape index (κ3) is 8.55. The lowest BCUT2D eigenvalue weighted by Crippen LogP contribution is -2.50. The molecule has 0 aromatic heterocycles. The van der Waals surface area contributed by atoms with Crippen LogP contribution in [0, 0.1) is 18.3 Å². The average molecular weight is 483 g/mol. The Morgan fingerprint density at radius 3 is 2.74 bits per heavy atom. The number of amidine groups is 1. The highest BCUT2D eigenvalue weighted by Crippen LogP contribution is 2.30. The van der Waals surface area contributed by atoms with Gasteiger partial charge in [0.2, 0.25) is 5.91 Å². The molecule has 2 amide bonds. The lowest BCUT2D eigenvalue weighted by molar-refractivity contribution is -0.135. The molecular weight excluding hydrogens is 444 g/mol. The average Bonchev–Trinajstić information content (AvgIpc) is 3.14. The van der Waals surface area contributed by atoms with Crippen LogP contribution in [0.25, 0.3) is 0 Å². The van der Waals surface area contributed by atoms with Crippen LogP contribution >= 0.6 is 0 Å². The molecule has 1 aromatic carbocycles. The maximum Gasteiger partial charge on any atom is 0.251 e. The number of hydrogen-bond acceptors (Lipinski definition) is 6. The molecule has 1 aliphatic carbocycles. The van der Waals surface area contributed by atoms with Crippen molar-refractivity contribution >= 4 is 17.6 Å². The molecular formula is C27H38N4O4. The van der Waals surface area contributed by atoms with Gasteiger partial charge in [-0.1, -0.05) is 44.2 Å². The predicted molar refractivity (Wildman–Crippen MR) is 136 cm³/mol. The van der Waals surface area contributed by atoms with Crippen LogP contribution < -0.4 is 15.4 Å². The van der Waals surface area contributed by atoms with Crippen molar-refractivity contribution in [3.8, 4) is 5.75 Å². The number of carbonyl (C=O) groups is 2. The monoisotopic (exact) mass is 482 g/mol. The molecule has 0 bridgehead atoms. The summed E-state index contributed by atoms with van der Waals surface area (Å²) >= 11 is 0. The first-order valence-corrected chi connectivity index (χ1v) is 12.4. The molecule has 35 heavy (non-hydrogen) atoms. The van der Waals surface area contributed by atoms with Crippen LogP contribution in [0.5, 0.6) is 5.75 Å². The van der Waals surface area contributed by atoms with E-state index >= 15 is 0 Å². The summed E-state index contributed by atoms with van der Waals surface area (Å²) in [7, 11) is 0. The van der Waals surface area contributed by atoms with Gasteiger partial charge in [-0.15, -0.1) is 0 Å². The van der Waals surface area contributed by atoms with E-state index in [2.05, 4.69) is 10.6 Å². The van der Waals surface area contributed by atoms with E-state index in [4.69, 9.17) is 10.1 Å². The Balaban J connectivity index is 1.66. The molecule has 1 aliphatic heterocycles. The van der Waals surface area contributed by atoms with E-state index in [1.54, 1.807) is 18.7 Å². The molecule has 1 aromatic rings. The summed E-state index contributed by atoms with van der Waals surface area (Å²) in [6.07, 6.45) is 10.5. The van der Waals surface area contributed by atoms with Crippen LogP contribution in [0.3, 0.4) is 0 Å². The molecule has 0 saturated heterocycles. The number of aliphatic hydroxyl groups is 1. The molecule has 0 unspecified atom stereocenters. The van der Waals surface area contributed by atoms with E-state index < -0.39 is 11.6 Å². The van der Waals surface area contributed by atoms with Gasteiger partial charge in [0.25, 0.3) is 5.91 Å². The normalized spacial score (nSPS) is 17.9. The van der Waals surface area contributed by atoms with E-state index in [0.717, 1.165) is 31.2 Å². The van der Waals surface area contributed by atoms with Crippen LogP contribution in [-0.2, 0) is 9.59 Å². The smallest absolute Gasteiger partial charge is 0.251 e. The number of amides is 2. The number of benzene rings is 1. The number of rotatable bonds is 10. The van der Waals surface area contributed by atoms with E-state index in [-0.39, 0.29) is 24.2 Å². The van der Waals surface area contributed by atoms with Crippen molar-refractivity contribution < 1.29 is 19.4 Å². The van der Waals surface area contributed by atoms with Gasteiger partial charge in [-0.3, -0.25) is 15.0 Å². The van der Waals surface area contributed by atoms with Crippen LogP contribution in [0.1, 0.15) is 57.9 Å². The lowest BCUT2D eigenvalue weighted by atomic mass is 9.84. The van der Waals surface area contributed by atoms with Gasteiger partial charge >= 0.3 is 0 Å². The van der Waals surface area contributed by atoms with E-state index in [1.165, 1.54) is 24.8 Å². The van der Waals surface area contributed by atoms with Crippen molar-refractivity contribution in [1.29, 1.82) is 5.41 Å². The van der Waals surface area contributed by atoms with Crippen molar-refractivity contribution in [3.05, 3.63) is 53.9 Å². The highest BCUT2D eigenvalue weighted by Gasteiger charge is 2.36. The minimum Gasteiger partial charge on any atom is -0.460 e. The highest BCUT2D eigenvalue weighted by molar-refractivity contribution is 6.05. The fourth-order valence-electron chi connectivity index (χ4n) is 4.49. The first kappa shape index (κ1) is 26.5. The summed E-state index contributed by atoms with van der Waals surface area (Å²) in [5, 5.41) is 23.4. The standard InChI is InChI=1S/C27H38N4O4/c1-19-8-7-11-21(14-19)35-22-16-25(32)31(17-22)23(15-20-9-5-4-6-10-20)26(33)30-24(28)12-13-29-18-27(2,3)34/h7-8,11-14,16,20,23,29,34H,4-6,9-10,15,17-18H2,1-3H3,(H2,28,30,33)/b13-12-/t23-/m0/s1. The Bertz CT molecular complexity index is 974. The quantitative estimate of drug-likeness (QED) is 0.301. The molecule has 1 atom stereocenters. The Morgan fingerprint density at radius 2 is 2.06 bits per heavy atom. The van der Waals surface area contributed by atoms with Crippen LogP contribution in [0.4, 0.5) is 0 Å². The number of ether oxygens (including phenoxy) is 1. The van der Waals surface area contributed by atoms with Gasteiger partial charge in [-0.25, -0.2) is 0 Å². The number of nitrogens with zero attached hydrogens (tertiary/aromatic N) is 1. The zero-order valence-corrected chi connectivity index (χ0v) is 21.0. The summed E-state index contributed by atoms with van der Waals surface area (Å²) in [6.45, 7) is 5.85. The van der Waals surface area contributed by atoms with Gasteiger partial charge < -0.3 is 25.4 Å². The largest absolute Gasteiger partial charge is 0.460 e. The molecule has 4 N–H and O–H groups in total. The maximum atomic E-state index is 13.3. The van der Waals surface area contributed by atoms with Crippen molar-refractivity contribution in [2.24, 2.45) is 5.92 Å². The summed E-state index contributed by atoms with van der Waals surface area (Å²) in [6, 6.07) is 6.93. The Morgan fingerprint density at radius 1 is 1.31 bits per heavy atom. The van der Waals surface area contributed by atoms with Gasteiger partial charge in [0, 0.05) is 18.8 Å². The van der Waals surface area contributed by atoms with Gasteiger partial charge in [-0.05, 0) is 56.9 Å². The van der Waals surface area contributed by atoms with Gasteiger partial charge in [-0.2, -0.15) is 0 Å². The van der Waals surface area contributed by atoms with Gasteiger partial charge in [0.1, 0.15) is 23.4 Å². The zero-order valence-electron chi connectivity index (χ0n) is 21.0. The molecule has 1 fully saturated rings. The Labute approximate surface area is 207 Å². The van der Waals surface area contributed by atoms with Crippen LogP contribution in [0.2, 0.25) is 0 Å². The lowest BCUT2D eigenvalue weighted by Gasteiger charge is -2.31. The minimum absolute atomic E-state index is 0.0808. The molecule has 3 rings (SSSR count). The minimum atomic E-state index is -0.887. The molecule has 0 radical (unpaired) electrons. The fraction of sp³-hybridized carbons (Fsp3) is 0.519. The SMILES string of the molecule is Cc1cccc(OC2=CC(=O)N([C@@H](CC3CCCCC3)C(=O)NC(=N)/C=C\NCC(C)(C)O)C2)c1. The topological polar surface area (TPSA) is 115 Å². The summed E-state index contributed by atoms with van der Waals surface area (Å²) in [5.41, 5.74) is 0.171. The third-order valence-electron chi connectivity index (χ3n) is 6.25. The van der Waals surface area contributed by atoms with Crippen molar-refractivity contribution in [2.45, 2.75) is 70.9 Å². The molecule has 0 spiro atoms. The Hall–Kier alpha value is -3.13. The first-order valence-electron chi connectivity index (χ1n) is 12.4. The first-order chi connectivity index (χ1) is 16.6. The van der Waals surface area contributed by atoms with Crippen LogP contribution in [-0.4, -0.2) is 52.4 Å². The van der Waals surface area contributed by atoms with Gasteiger partial charge in [0.05, 0.1) is 12.1 Å². The molecule has 8 nitrogen and oxygen atoms in total. The summed E-state index contributed by atoms with van der Waals surface area (Å²) in [4.78, 5) is 27.7. The van der Waals surface area contributed by atoms with Crippen molar-refractivity contribution in [2.75, 3.05) is 13.1 Å². The molecule has 190 valence electrons. The second kappa shape index (κ2) is 12.0.